The molecule has 0 fully saturated rings. The molecular weight excluding hydrogens is 250 g/mol. The molecule has 0 atom stereocenters. The van der Waals surface area contributed by atoms with Gasteiger partial charge in [0.2, 0.25) is 5.91 Å². The molecule has 102 valence electrons. The van der Waals surface area contributed by atoms with Gasteiger partial charge < -0.3 is 5.32 Å². The molecule has 3 heteroatoms. The van der Waals surface area contributed by atoms with Crippen LogP contribution < -0.4 is 5.32 Å². The van der Waals surface area contributed by atoms with E-state index in [2.05, 4.69) is 5.32 Å². The zero-order chi connectivity index (χ0) is 14.5. The van der Waals surface area contributed by atoms with Crippen molar-refractivity contribution in [2.75, 3.05) is 5.32 Å². The third-order valence-electron chi connectivity index (χ3n) is 3.06. The topological polar surface area (TPSA) is 46.2 Å². The van der Waals surface area contributed by atoms with E-state index in [0.717, 1.165) is 16.8 Å². The van der Waals surface area contributed by atoms with Crippen molar-refractivity contribution in [1.29, 1.82) is 0 Å². The first-order valence-corrected chi connectivity index (χ1v) is 6.51. The van der Waals surface area contributed by atoms with Crippen LogP contribution in [0.25, 0.3) is 0 Å². The molecule has 20 heavy (non-hydrogen) atoms. The Kier molecular flexibility index (Phi) is 4.31. The van der Waals surface area contributed by atoms with Gasteiger partial charge in [-0.25, -0.2) is 0 Å². The molecule has 2 aromatic rings. The number of ketones is 1. The van der Waals surface area contributed by atoms with Gasteiger partial charge in [0.25, 0.3) is 0 Å². The van der Waals surface area contributed by atoms with Crippen molar-refractivity contribution < 1.29 is 9.59 Å². The average Bonchev–Trinajstić information content (AvgIpc) is 2.42. The van der Waals surface area contributed by atoms with Crippen molar-refractivity contribution in [3.8, 4) is 0 Å². The maximum absolute atomic E-state index is 11.9. The van der Waals surface area contributed by atoms with Gasteiger partial charge in [0, 0.05) is 11.3 Å². The van der Waals surface area contributed by atoms with Gasteiger partial charge in [-0.05, 0) is 31.5 Å². The van der Waals surface area contributed by atoms with Crippen LogP contribution in [-0.2, 0) is 11.2 Å². The Morgan fingerprint density at radius 1 is 0.950 bits per heavy atom. The van der Waals surface area contributed by atoms with Crippen LogP contribution in [-0.4, -0.2) is 11.7 Å². The predicted octanol–water partition coefficient (Wildman–Crippen LogP) is 3.38. The highest BCUT2D eigenvalue weighted by Gasteiger charge is 2.05. The lowest BCUT2D eigenvalue weighted by Crippen LogP contribution is -2.14. The highest BCUT2D eigenvalue weighted by atomic mass is 16.1. The first kappa shape index (κ1) is 14.0. The van der Waals surface area contributed by atoms with E-state index in [1.165, 1.54) is 6.92 Å². The quantitative estimate of drug-likeness (QED) is 0.863. The molecule has 0 aliphatic carbocycles. The highest BCUT2D eigenvalue weighted by Crippen LogP contribution is 2.10. The Hall–Kier alpha value is -2.42. The first-order valence-electron chi connectivity index (χ1n) is 6.51. The van der Waals surface area contributed by atoms with Crippen molar-refractivity contribution in [2.24, 2.45) is 0 Å². The number of hydrogen-bond acceptors (Lipinski definition) is 2. The number of Topliss-reactive ketones (excluding diaryl/α,β-unsaturated/α-hetero) is 1. The number of carbonyl (C=O) groups excluding carboxylic acids is 2. The van der Waals surface area contributed by atoms with Gasteiger partial charge in [-0.15, -0.1) is 0 Å². The minimum atomic E-state index is -0.0653. The molecule has 0 aliphatic rings. The lowest BCUT2D eigenvalue weighted by atomic mass is 10.1. The molecule has 3 nitrogen and oxygen atoms in total. The molecule has 0 heterocycles. The standard InChI is InChI=1S/C17H17NO2/c1-12-3-9-16(10-4-12)18-17(20)11-14-5-7-15(8-6-14)13(2)19/h3-10H,11H2,1-2H3,(H,18,20). The maximum atomic E-state index is 11.9. The second-order valence-corrected chi connectivity index (χ2v) is 4.84. The van der Waals surface area contributed by atoms with Crippen molar-refractivity contribution in [3.05, 3.63) is 65.2 Å². The van der Waals surface area contributed by atoms with Crippen LogP contribution >= 0.6 is 0 Å². The molecule has 0 radical (unpaired) electrons. The van der Waals surface area contributed by atoms with Crippen molar-refractivity contribution in [1.82, 2.24) is 0 Å². The number of carbonyl (C=O) groups is 2. The summed E-state index contributed by atoms with van der Waals surface area (Å²) >= 11 is 0. The Bertz CT molecular complexity index is 612. The zero-order valence-electron chi connectivity index (χ0n) is 11.6. The van der Waals surface area contributed by atoms with Crippen molar-refractivity contribution in [2.45, 2.75) is 20.3 Å². The molecule has 0 saturated heterocycles. The fourth-order valence-electron chi connectivity index (χ4n) is 1.88. The number of amides is 1. The molecule has 0 aliphatic heterocycles. The summed E-state index contributed by atoms with van der Waals surface area (Å²) in [5, 5.41) is 2.85. The Morgan fingerprint density at radius 3 is 2.10 bits per heavy atom. The van der Waals surface area contributed by atoms with Gasteiger partial charge in [0.05, 0.1) is 6.42 Å². The lowest BCUT2D eigenvalue weighted by molar-refractivity contribution is -0.115. The van der Waals surface area contributed by atoms with Gasteiger partial charge in [-0.1, -0.05) is 42.0 Å². The summed E-state index contributed by atoms with van der Waals surface area (Å²) in [4.78, 5) is 23.1. The summed E-state index contributed by atoms with van der Waals surface area (Å²) in [7, 11) is 0. The Balaban J connectivity index is 1.97. The second kappa shape index (κ2) is 6.15. The number of hydrogen-bond donors (Lipinski definition) is 1. The summed E-state index contributed by atoms with van der Waals surface area (Å²) < 4.78 is 0. The van der Waals surface area contributed by atoms with Gasteiger partial charge in [-0.2, -0.15) is 0 Å². The number of nitrogens with one attached hydrogen (secondary N) is 1. The van der Waals surface area contributed by atoms with E-state index in [9.17, 15) is 9.59 Å². The fraction of sp³-hybridized carbons (Fsp3) is 0.176. The molecule has 2 rings (SSSR count). The van der Waals surface area contributed by atoms with Crippen molar-refractivity contribution >= 4 is 17.4 Å². The van der Waals surface area contributed by atoms with Crippen LogP contribution in [0.15, 0.2) is 48.5 Å². The monoisotopic (exact) mass is 267 g/mol. The number of aryl methyl sites for hydroxylation is 1. The fourth-order valence-corrected chi connectivity index (χ4v) is 1.88. The third kappa shape index (κ3) is 3.79. The third-order valence-corrected chi connectivity index (χ3v) is 3.06. The molecule has 1 N–H and O–H groups in total. The molecule has 0 bridgehead atoms. The maximum Gasteiger partial charge on any atom is 0.228 e. The van der Waals surface area contributed by atoms with Crippen LogP contribution in [0.2, 0.25) is 0 Å². The van der Waals surface area contributed by atoms with Gasteiger partial charge >= 0.3 is 0 Å². The number of anilines is 1. The molecule has 1 amide bonds. The number of benzene rings is 2. The molecule has 0 saturated carbocycles. The van der Waals surface area contributed by atoms with Crippen LogP contribution in [0.3, 0.4) is 0 Å². The smallest absolute Gasteiger partial charge is 0.228 e. The van der Waals surface area contributed by atoms with E-state index in [-0.39, 0.29) is 11.7 Å². The molecule has 0 unspecified atom stereocenters. The summed E-state index contributed by atoms with van der Waals surface area (Å²) in [6.45, 7) is 3.53. The largest absolute Gasteiger partial charge is 0.326 e. The summed E-state index contributed by atoms with van der Waals surface area (Å²) in [6.07, 6.45) is 0.298. The van der Waals surface area contributed by atoms with E-state index in [4.69, 9.17) is 0 Å². The van der Waals surface area contributed by atoms with E-state index in [1.54, 1.807) is 12.1 Å². The second-order valence-electron chi connectivity index (χ2n) is 4.84. The van der Waals surface area contributed by atoms with Gasteiger partial charge in [-0.3, -0.25) is 9.59 Å². The first-order chi connectivity index (χ1) is 9.54. The van der Waals surface area contributed by atoms with E-state index in [0.29, 0.717) is 12.0 Å². The lowest BCUT2D eigenvalue weighted by Gasteiger charge is -2.06. The Morgan fingerprint density at radius 2 is 1.55 bits per heavy atom. The van der Waals surface area contributed by atoms with E-state index >= 15 is 0 Å². The number of rotatable bonds is 4. The minimum absolute atomic E-state index is 0.0284. The van der Waals surface area contributed by atoms with Gasteiger partial charge in [0.1, 0.15) is 0 Å². The van der Waals surface area contributed by atoms with Crippen molar-refractivity contribution in [3.63, 3.8) is 0 Å². The normalized spacial score (nSPS) is 10.1. The molecule has 0 spiro atoms. The highest BCUT2D eigenvalue weighted by molar-refractivity contribution is 5.94. The van der Waals surface area contributed by atoms with Crippen LogP contribution in [0.1, 0.15) is 28.4 Å². The van der Waals surface area contributed by atoms with E-state index < -0.39 is 0 Å². The van der Waals surface area contributed by atoms with Crippen LogP contribution in [0.5, 0.6) is 0 Å². The zero-order valence-corrected chi connectivity index (χ0v) is 11.6. The molecular formula is C17H17NO2. The average molecular weight is 267 g/mol. The molecule has 0 aromatic heterocycles. The summed E-state index contributed by atoms with van der Waals surface area (Å²) in [5.41, 5.74) is 3.50. The van der Waals surface area contributed by atoms with Gasteiger partial charge in [0.15, 0.2) is 5.78 Å². The summed E-state index contributed by atoms with van der Waals surface area (Å²) in [6, 6.07) is 14.8. The van der Waals surface area contributed by atoms with Crippen LogP contribution in [0.4, 0.5) is 5.69 Å². The SMILES string of the molecule is CC(=O)c1ccc(CC(=O)Nc2ccc(C)cc2)cc1. The van der Waals surface area contributed by atoms with Crippen LogP contribution in [0, 0.1) is 6.92 Å². The molecule has 2 aromatic carbocycles. The predicted molar refractivity (Wildman–Crippen MR) is 80.0 cm³/mol. The summed E-state index contributed by atoms with van der Waals surface area (Å²) in [5.74, 6) is -0.0370. The minimum Gasteiger partial charge on any atom is -0.326 e. The Labute approximate surface area is 118 Å². The van der Waals surface area contributed by atoms with E-state index in [1.807, 2.05) is 43.3 Å².